The van der Waals surface area contributed by atoms with Gasteiger partial charge in [0, 0.05) is 7.05 Å². The molecule has 4 N–H and O–H groups in total. The third kappa shape index (κ3) is 2.98. The average molecular weight is 258 g/mol. The molecule has 0 radical (unpaired) electrons. The predicted octanol–water partition coefficient (Wildman–Crippen LogP) is 0.538. The Morgan fingerprint density at radius 2 is 1.88 bits per heavy atom. The Morgan fingerprint density at radius 1 is 1.38 bits per heavy atom. The fourth-order valence-corrected chi connectivity index (χ4v) is 2.80. The fourth-order valence-electron chi connectivity index (χ4n) is 0.914. The first-order valence-electron chi connectivity index (χ1n) is 4.19. The van der Waals surface area contributed by atoms with E-state index < -0.39 is 18.6 Å². The normalized spacial score (nSPS) is 13.4. The second-order valence-electron chi connectivity index (χ2n) is 3.02. The van der Waals surface area contributed by atoms with Crippen LogP contribution in [0.5, 0.6) is 0 Å². The SMILES string of the molecule is CN(S(=O)c1ccc(C#N)cc1)P(N)(N)=O. The van der Waals surface area contributed by atoms with E-state index in [2.05, 4.69) is 0 Å². The van der Waals surface area contributed by atoms with E-state index in [1.54, 1.807) is 0 Å². The summed E-state index contributed by atoms with van der Waals surface area (Å²) >= 11 is 0. The van der Waals surface area contributed by atoms with Crippen LogP contribution in [-0.2, 0) is 15.6 Å². The molecule has 0 fully saturated rings. The van der Waals surface area contributed by atoms with E-state index in [4.69, 9.17) is 16.3 Å². The van der Waals surface area contributed by atoms with Crippen LogP contribution < -0.4 is 11.0 Å². The summed E-state index contributed by atoms with van der Waals surface area (Å²) in [6, 6.07) is 7.96. The van der Waals surface area contributed by atoms with Crippen molar-refractivity contribution in [3.63, 3.8) is 0 Å². The Kier molecular flexibility index (Phi) is 3.97. The quantitative estimate of drug-likeness (QED) is 0.768. The molecule has 0 aliphatic heterocycles. The van der Waals surface area contributed by atoms with Crippen LogP contribution >= 0.6 is 7.59 Å². The van der Waals surface area contributed by atoms with Gasteiger partial charge in [-0.1, -0.05) is 0 Å². The van der Waals surface area contributed by atoms with Gasteiger partial charge in [-0.15, -0.1) is 4.08 Å². The van der Waals surface area contributed by atoms with E-state index in [0.29, 0.717) is 10.5 Å². The molecule has 1 atom stereocenters. The molecule has 1 aromatic carbocycles. The van der Waals surface area contributed by atoms with Gasteiger partial charge in [0.05, 0.1) is 16.5 Å². The monoisotopic (exact) mass is 258 g/mol. The lowest BCUT2D eigenvalue weighted by molar-refractivity contribution is 0.546. The van der Waals surface area contributed by atoms with Crippen molar-refractivity contribution < 1.29 is 8.77 Å². The Morgan fingerprint density at radius 3 is 2.25 bits per heavy atom. The molecular formula is C8H11N4O2PS. The number of benzene rings is 1. The molecule has 0 aromatic heterocycles. The molecule has 86 valence electrons. The van der Waals surface area contributed by atoms with Crippen molar-refractivity contribution >= 4 is 18.6 Å². The summed E-state index contributed by atoms with van der Waals surface area (Å²) in [5, 5.41) is 8.58. The van der Waals surface area contributed by atoms with Crippen LogP contribution in [0, 0.1) is 11.3 Å². The van der Waals surface area contributed by atoms with Gasteiger partial charge in [0.15, 0.2) is 0 Å². The van der Waals surface area contributed by atoms with Crippen LogP contribution in [-0.4, -0.2) is 15.3 Å². The van der Waals surface area contributed by atoms with Crippen LogP contribution in [0.4, 0.5) is 0 Å². The van der Waals surface area contributed by atoms with E-state index in [-0.39, 0.29) is 0 Å². The number of nitriles is 1. The summed E-state index contributed by atoms with van der Waals surface area (Å²) in [5.74, 6) is 0. The van der Waals surface area contributed by atoms with Crippen molar-refractivity contribution in [2.45, 2.75) is 4.90 Å². The standard InChI is InChI=1S/C8H11N4O2PS/c1-12(15(10,11)13)16(14)8-4-2-7(6-9)3-5-8/h2-5H,1H3,(H4,10,11,13). The molecular weight excluding hydrogens is 247 g/mol. The number of nitrogens with two attached hydrogens (primary N) is 2. The van der Waals surface area contributed by atoms with Gasteiger partial charge in [-0.05, 0) is 24.3 Å². The number of hydrogen-bond donors (Lipinski definition) is 2. The molecule has 0 saturated heterocycles. The number of nitrogens with zero attached hydrogens (tertiary/aromatic N) is 2. The van der Waals surface area contributed by atoms with Crippen molar-refractivity contribution in [2.75, 3.05) is 7.05 Å². The minimum Gasteiger partial charge on any atom is -0.270 e. The van der Waals surface area contributed by atoms with Crippen LogP contribution in [0.25, 0.3) is 0 Å². The zero-order valence-electron chi connectivity index (χ0n) is 8.53. The summed E-state index contributed by atoms with van der Waals surface area (Å²) in [5.41, 5.74) is 10.8. The Bertz CT molecular complexity index is 490. The van der Waals surface area contributed by atoms with Gasteiger partial charge in [-0.25, -0.2) is 4.21 Å². The fraction of sp³-hybridized carbons (Fsp3) is 0.125. The maximum atomic E-state index is 11.8. The van der Waals surface area contributed by atoms with Gasteiger partial charge >= 0.3 is 0 Å². The minimum atomic E-state index is -3.53. The van der Waals surface area contributed by atoms with Crippen molar-refractivity contribution in [3.8, 4) is 6.07 Å². The van der Waals surface area contributed by atoms with E-state index >= 15 is 0 Å². The Labute approximate surface area is 96.0 Å². The Hall–Kier alpha value is -1.03. The maximum Gasteiger partial charge on any atom is 0.287 e. The second kappa shape index (κ2) is 4.87. The zero-order valence-corrected chi connectivity index (χ0v) is 10.2. The van der Waals surface area contributed by atoms with Gasteiger partial charge < -0.3 is 0 Å². The third-order valence-corrected chi connectivity index (χ3v) is 5.11. The molecule has 1 rings (SSSR count). The highest BCUT2D eigenvalue weighted by molar-refractivity contribution is 7.89. The van der Waals surface area contributed by atoms with Crippen molar-refractivity contribution in [3.05, 3.63) is 29.8 Å². The molecule has 1 unspecified atom stereocenters. The first-order chi connectivity index (χ1) is 7.36. The van der Waals surface area contributed by atoms with Gasteiger partial charge in [0.1, 0.15) is 11.0 Å². The highest BCUT2D eigenvalue weighted by Crippen LogP contribution is 2.33. The predicted molar refractivity (Wildman–Crippen MR) is 61.3 cm³/mol. The highest BCUT2D eigenvalue weighted by atomic mass is 32.2. The summed E-state index contributed by atoms with van der Waals surface area (Å²) < 4.78 is 24.0. The van der Waals surface area contributed by atoms with E-state index in [9.17, 15) is 8.77 Å². The van der Waals surface area contributed by atoms with E-state index in [1.807, 2.05) is 6.07 Å². The number of hydrogen-bond acceptors (Lipinski definition) is 3. The molecule has 0 bridgehead atoms. The largest absolute Gasteiger partial charge is 0.287 e. The molecule has 0 amide bonds. The molecule has 16 heavy (non-hydrogen) atoms. The van der Waals surface area contributed by atoms with E-state index in [0.717, 1.165) is 4.08 Å². The molecule has 8 heteroatoms. The lowest BCUT2D eigenvalue weighted by Crippen LogP contribution is -2.27. The Balaban J connectivity index is 2.98. The number of rotatable bonds is 3. The molecule has 0 aliphatic rings. The van der Waals surface area contributed by atoms with Crippen LogP contribution in [0.15, 0.2) is 29.2 Å². The zero-order chi connectivity index (χ0) is 12.3. The average Bonchev–Trinajstić information content (AvgIpc) is 2.26. The van der Waals surface area contributed by atoms with Crippen LogP contribution in [0.1, 0.15) is 5.56 Å². The topological polar surface area (TPSA) is 113 Å². The lowest BCUT2D eigenvalue weighted by atomic mass is 10.2. The molecule has 0 heterocycles. The van der Waals surface area contributed by atoms with Crippen molar-refractivity contribution in [1.29, 1.82) is 5.26 Å². The van der Waals surface area contributed by atoms with E-state index in [1.165, 1.54) is 31.3 Å². The van der Waals surface area contributed by atoms with Crippen LogP contribution in [0.3, 0.4) is 0 Å². The van der Waals surface area contributed by atoms with Crippen molar-refractivity contribution in [2.24, 2.45) is 11.0 Å². The summed E-state index contributed by atoms with van der Waals surface area (Å²) in [6.45, 7) is 0. The summed E-state index contributed by atoms with van der Waals surface area (Å²) in [6.07, 6.45) is 0. The van der Waals surface area contributed by atoms with Gasteiger partial charge in [-0.2, -0.15) is 5.26 Å². The van der Waals surface area contributed by atoms with Crippen molar-refractivity contribution in [1.82, 2.24) is 4.08 Å². The molecule has 1 aromatic rings. The van der Waals surface area contributed by atoms with Gasteiger partial charge in [0.25, 0.3) is 7.59 Å². The molecule has 6 nitrogen and oxygen atoms in total. The highest BCUT2D eigenvalue weighted by Gasteiger charge is 2.23. The van der Waals surface area contributed by atoms with Gasteiger partial charge in [-0.3, -0.25) is 15.6 Å². The first-order valence-corrected chi connectivity index (χ1v) is 7.10. The lowest BCUT2D eigenvalue weighted by Gasteiger charge is -2.18. The smallest absolute Gasteiger partial charge is 0.270 e. The van der Waals surface area contributed by atoms with Crippen LogP contribution in [0.2, 0.25) is 0 Å². The molecule has 0 aliphatic carbocycles. The first kappa shape index (κ1) is 13.0. The summed E-state index contributed by atoms with van der Waals surface area (Å²) in [7, 11) is -3.91. The summed E-state index contributed by atoms with van der Waals surface area (Å²) in [4.78, 5) is 0.387. The third-order valence-electron chi connectivity index (χ3n) is 1.87. The second-order valence-corrected chi connectivity index (χ2v) is 6.76. The minimum absolute atomic E-state index is 0.387. The molecule has 0 saturated carbocycles. The van der Waals surface area contributed by atoms with Gasteiger partial charge in [0.2, 0.25) is 0 Å². The maximum absolute atomic E-state index is 11.8. The molecule has 0 spiro atoms.